The summed E-state index contributed by atoms with van der Waals surface area (Å²) in [5.41, 5.74) is 1.50. The first-order chi connectivity index (χ1) is 11.6. The average Bonchev–Trinajstić information content (AvgIpc) is 3.03. The summed E-state index contributed by atoms with van der Waals surface area (Å²) in [6.45, 7) is 11.3. The number of fused-ring (bicyclic) bond motifs is 1. The summed E-state index contributed by atoms with van der Waals surface area (Å²) in [6, 6.07) is 4.58. The van der Waals surface area contributed by atoms with Crippen molar-refractivity contribution in [2.75, 3.05) is 37.6 Å². The quantitative estimate of drug-likeness (QED) is 0.883. The van der Waals surface area contributed by atoms with Gasteiger partial charge in [-0.15, -0.1) is 0 Å². The van der Waals surface area contributed by atoms with Crippen molar-refractivity contribution in [2.24, 2.45) is 0 Å². The van der Waals surface area contributed by atoms with Gasteiger partial charge in [-0.25, -0.2) is 4.98 Å². The zero-order valence-corrected chi connectivity index (χ0v) is 14.8. The van der Waals surface area contributed by atoms with Gasteiger partial charge in [0.1, 0.15) is 11.5 Å². The van der Waals surface area contributed by atoms with Crippen molar-refractivity contribution >= 4 is 22.6 Å². The first-order valence-electron chi connectivity index (χ1n) is 8.84. The Balaban J connectivity index is 1.73. The molecule has 0 unspecified atom stereocenters. The van der Waals surface area contributed by atoms with E-state index >= 15 is 0 Å². The molecule has 0 aromatic carbocycles. The van der Waals surface area contributed by atoms with Crippen molar-refractivity contribution in [1.29, 1.82) is 0 Å². The minimum atomic E-state index is -0.0554. The van der Waals surface area contributed by atoms with Gasteiger partial charge >= 0.3 is 0 Å². The number of carbonyl (C=O) groups is 1. The minimum absolute atomic E-state index is 0.0554. The summed E-state index contributed by atoms with van der Waals surface area (Å²) in [5.74, 6) is 0.936. The third-order valence-corrected chi connectivity index (χ3v) is 4.64. The van der Waals surface area contributed by atoms with Crippen LogP contribution in [0.4, 0.5) is 5.82 Å². The monoisotopic (exact) mass is 329 g/mol. The molecule has 6 heteroatoms. The fraction of sp³-hybridized carbons (Fsp3) is 0.556. The number of anilines is 1. The fourth-order valence-corrected chi connectivity index (χ4v) is 3.12. The SMILES string of the molecule is CCCNC(=O)c1cc2cc(N3CCN(C(C)C)CC3)ncc2[nH]1. The van der Waals surface area contributed by atoms with E-state index in [0.29, 0.717) is 18.3 Å². The van der Waals surface area contributed by atoms with Gasteiger partial charge in [0.25, 0.3) is 5.91 Å². The number of rotatable bonds is 5. The number of nitrogens with one attached hydrogen (secondary N) is 2. The maximum absolute atomic E-state index is 12.1. The fourth-order valence-electron chi connectivity index (χ4n) is 3.12. The molecule has 1 aliphatic rings. The molecule has 6 nitrogen and oxygen atoms in total. The second-order valence-corrected chi connectivity index (χ2v) is 6.69. The van der Waals surface area contributed by atoms with Crippen molar-refractivity contribution in [2.45, 2.75) is 33.2 Å². The Labute approximate surface area is 143 Å². The van der Waals surface area contributed by atoms with Crippen molar-refractivity contribution in [3.8, 4) is 0 Å². The highest BCUT2D eigenvalue weighted by Crippen LogP contribution is 2.21. The highest BCUT2D eigenvalue weighted by atomic mass is 16.1. The molecule has 3 rings (SSSR count). The molecule has 1 amide bonds. The molecule has 1 saturated heterocycles. The van der Waals surface area contributed by atoms with E-state index in [1.54, 1.807) is 0 Å². The van der Waals surface area contributed by atoms with E-state index in [4.69, 9.17) is 0 Å². The molecule has 0 spiro atoms. The van der Waals surface area contributed by atoms with Gasteiger partial charge in [0.2, 0.25) is 0 Å². The van der Waals surface area contributed by atoms with Crippen LogP contribution in [0.5, 0.6) is 0 Å². The number of amides is 1. The molecule has 2 aromatic rings. The summed E-state index contributed by atoms with van der Waals surface area (Å²) in [7, 11) is 0. The minimum Gasteiger partial charge on any atom is -0.354 e. The van der Waals surface area contributed by atoms with Gasteiger partial charge in [0.15, 0.2) is 0 Å². The van der Waals surface area contributed by atoms with Gasteiger partial charge in [-0.3, -0.25) is 9.69 Å². The number of H-pyrrole nitrogens is 1. The first-order valence-corrected chi connectivity index (χ1v) is 8.84. The third kappa shape index (κ3) is 3.53. The van der Waals surface area contributed by atoms with E-state index < -0.39 is 0 Å². The topological polar surface area (TPSA) is 64.3 Å². The lowest BCUT2D eigenvalue weighted by atomic mass is 10.2. The Morgan fingerprint density at radius 2 is 2.04 bits per heavy atom. The van der Waals surface area contributed by atoms with Gasteiger partial charge in [-0.1, -0.05) is 6.92 Å². The summed E-state index contributed by atoms with van der Waals surface area (Å²) in [5, 5.41) is 3.93. The Morgan fingerprint density at radius 3 is 2.71 bits per heavy atom. The lowest BCUT2D eigenvalue weighted by Gasteiger charge is -2.37. The number of aromatic amines is 1. The number of hydrogen-bond acceptors (Lipinski definition) is 4. The summed E-state index contributed by atoms with van der Waals surface area (Å²) in [4.78, 5) is 24.6. The highest BCUT2D eigenvalue weighted by molar-refractivity contribution is 5.98. The Morgan fingerprint density at radius 1 is 1.29 bits per heavy atom. The second-order valence-electron chi connectivity index (χ2n) is 6.69. The molecule has 0 radical (unpaired) electrons. The molecule has 2 N–H and O–H groups in total. The Bertz CT molecular complexity index is 700. The molecule has 24 heavy (non-hydrogen) atoms. The molecular formula is C18H27N5O. The second kappa shape index (κ2) is 7.21. The molecule has 1 aliphatic heterocycles. The number of piperazine rings is 1. The molecule has 2 aromatic heterocycles. The summed E-state index contributed by atoms with van der Waals surface area (Å²) in [6.07, 6.45) is 2.76. The smallest absolute Gasteiger partial charge is 0.267 e. The molecule has 0 atom stereocenters. The number of aromatic nitrogens is 2. The number of carbonyl (C=O) groups excluding carboxylic acids is 1. The van der Waals surface area contributed by atoms with Crippen LogP contribution in [-0.2, 0) is 0 Å². The normalized spacial score (nSPS) is 16.1. The number of hydrogen-bond donors (Lipinski definition) is 2. The van der Waals surface area contributed by atoms with Gasteiger partial charge < -0.3 is 15.2 Å². The predicted molar refractivity (Wildman–Crippen MR) is 97.6 cm³/mol. The van der Waals surface area contributed by atoms with Crippen molar-refractivity contribution in [1.82, 2.24) is 20.2 Å². The number of pyridine rings is 1. The van der Waals surface area contributed by atoms with Crippen LogP contribution >= 0.6 is 0 Å². The molecule has 3 heterocycles. The highest BCUT2D eigenvalue weighted by Gasteiger charge is 2.20. The van der Waals surface area contributed by atoms with Crippen LogP contribution in [0.3, 0.4) is 0 Å². The first kappa shape index (κ1) is 16.8. The molecule has 130 valence electrons. The maximum Gasteiger partial charge on any atom is 0.267 e. The van der Waals surface area contributed by atoms with Crippen LogP contribution in [0.1, 0.15) is 37.7 Å². The van der Waals surface area contributed by atoms with Gasteiger partial charge in [-0.05, 0) is 32.4 Å². The lowest BCUT2D eigenvalue weighted by Crippen LogP contribution is -2.49. The van der Waals surface area contributed by atoms with Crippen molar-refractivity contribution in [3.63, 3.8) is 0 Å². The van der Waals surface area contributed by atoms with Crippen LogP contribution in [0, 0.1) is 0 Å². The summed E-state index contributed by atoms with van der Waals surface area (Å²) >= 11 is 0. The maximum atomic E-state index is 12.1. The van der Waals surface area contributed by atoms with Crippen LogP contribution in [-0.4, -0.2) is 59.5 Å². The zero-order chi connectivity index (χ0) is 17.1. The standard InChI is InChI=1S/C18H27N5O/c1-4-5-19-18(24)15-10-14-11-17(20-12-16(14)21-15)23-8-6-22(7-9-23)13(2)3/h10-13,21H,4-9H2,1-3H3,(H,19,24). The molecule has 0 saturated carbocycles. The van der Waals surface area contributed by atoms with Crippen molar-refractivity contribution in [3.05, 3.63) is 24.0 Å². The lowest BCUT2D eigenvalue weighted by molar-refractivity contribution is 0.0949. The van der Waals surface area contributed by atoms with E-state index in [9.17, 15) is 4.79 Å². The average molecular weight is 329 g/mol. The van der Waals surface area contributed by atoms with Crippen molar-refractivity contribution < 1.29 is 4.79 Å². The van der Waals surface area contributed by atoms with Crippen LogP contribution < -0.4 is 10.2 Å². The molecule has 0 bridgehead atoms. The largest absolute Gasteiger partial charge is 0.354 e. The van der Waals surface area contributed by atoms with Crippen LogP contribution in [0.25, 0.3) is 10.9 Å². The van der Waals surface area contributed by atoms with E-state index in [2.05, 4.69) is 45.0 Å². The van der Waals surface area contributed by atoms with Gasteiger partial charge in [0, 0.05) is 44.2 Å². The summed E-state index contributed by atoms with van der Waals surface area (Å²) < 4.78 is 0. The van der Waals surface area contributed by atoms with Crippen LogP contribution in [0.15, 0.2) is 18.3 Å². The van der Waals surface area contributed by atoms with E-state index in [1.165, 1.54) is 0 Å². The van der Waals surface area contributed by atoms with Gasteiger partial charge in [0.05, 0.1) is 11.7 Å². The van der Waals surface area contributed by atoms with Crippen LogP contribution in [0.2, 0.25) is 0 Å². The number of nitrogens with zero attached hydrogens (tertiary/aromatic N) is 3. The van der Waals surface area contributed by atoms with E-state index in [-0.39, 0.29) is 5.91 Å². The Kier molecular flexibility index (Phi) is 5.04. The molecule has 0 aliphatic carbocycles. The zero-order valence-electron chi connectivity index (χ0n) is 14.8. The van der Waals surface area contributed by atoms with E-state index in [1.807, 2.05) is 19.2 Å². The molecule has 1 fully saturated rings. The van der Waals surface area contributed by atoms with Gasteiger partial charge in [-0.2, -0.15) is 0 Å². The van der Waals surface area contributed by atoms with E-state index in [0.717, 1.165) is 49.3 Å². The Hall–Kier alpha value is -2.08. The predicted octanol–water partition coefficient (Wildman–Crippen LogP) is 2.23. The third-order valence-electron chi connectivity index (χ3n) is 4.64. The molecular weight excluding hydrogens is 302 g/mol.